The van der Waals surface area contributed by atoms with Crippen LogP contribution in [-0.4, -0.2) is 214 Å². The van der Waals surface area contributed by atoms with Crippen LogP contribution in [0.25, 0.3) is 0 Å². The Morgan fingerprint density at radius 2 is 1.51 bits per heavy atom. The van der Waals surface area contributed by atoms with Crippen LogP contribution in [0.15, 0.2) is 43.5 Å². The van der Waals surface area contributed by atoms with Gasteiger partial charge in [-0.15, -0.1) is 0 Å². The number of benzene rings is 1. The van der Waals surface area contributed by atoms with Crippen LogP contribution in [0.1, 0.15) is 100.0 Å². The topological polar surface area (TPSA) is 294 Å². The quantitative estimate of drug-likeness (QED) is 0.0955. The van der Waals surface area contributed by atoms with Crippen molar-refractivity contribution in [2.24, 2.45) is 17.8 Å². The predicted molar refractivity (Wildman–Crippen MR) is 278 cm³/mol. The third kappa shape index (κ3) is 15.1. The van der Waals surface area contributed by atoms with E-state index in [4.69, 9.17) is 37.9 Å². The molecule has 18 atom stereocenters. The van der Waals surface area contributed by atoms with Gasteiger partial charge in [-0.25, -0.2) is 28.1 Å². The molecule has 1 aromatic carbocycles. The van der Waals surface area contributed by atoms with Crippen LogP contribution in [0.2, 0.25) is 0 Å². The summed E-state index contributed by atoms with van der Waals surface area (Å²) in [5.74, 6) is -7.36. The molecule has 5 N–H and O–H groups in total. The molecule has 24 nitrogen and oxygen atoms in total. The number of carbonyl (C=O) groups is 3. The highest BCUT2D eigenvalue weighted by molar-refractivity contribution is 5.78. The second-order valence-corrected chi connectivity index (χ2v) is 23.2. The molecule has 0 radical (unpaired) electrons. The largest absolute Gasteiger partial charge is 0.456 e. The van der Waals surface area contributed by atoms with Crippen molar-refractivity contribution in [1.29, 1.82) is 0 Å². The third-order valence-electron chi connectivity index (χ3n) is 16.3. The lowest BCUT2D eigenvalue weighted by Gasteiger charge is -2.49. The maximum atomic E-state index is 15.8. The number of carbonyl (C=O) groups excluding carboxylic acids is 3. The first-order valence-electron chi connectivity index (χ1n) is 27.1. The number of hydrogen-bond acceptors (Lipinski definition) is 22. The maximum absolute atomic E-state index is 15.8. The molecular formula is C54H84F2N8O16. The van der Waals surface area contributed by atoms with Gasteiger partial charge in [-0.3, -0.25) is 14.4 Å². The summed E-state index contributed by atoms with van der Waals surface area (Å²) in [6, 6.07) is 1.47. The normalized spacial score (nSPS) is 36.4. The Bertz CT molecular complexity index is 2440. The molecule has 3 aliphatic heterocycles. The molecule has 26 heteroatoms. The van der Waals surface area contributed by atoms with E-state index in [2.05, 4.69) is 20.2 Å². The minimum atomic E-state index is -2.16. The monoisotopic (exact) mass is 1140 g/mol. The van der Waals surface area contributed by atoms with Crippen molar-refractivity contribution < 1.29 is 86.6 Å². The minimum Gasteiger partial charge on any atom is -0.456 e. The highest BCUT2D eigenvalue weighted by Gasteiger charge is 2.54. The van der Waals surface area contributed by atoms with Gasteiger partial charge in [0.1, 0.15) is 54.8 Å². The summed E-state index contributed by atoms with van der Waals surface area (Å²) in [6.07, 6.45) is -7.69. The van der Waals surface area contributed by atoms with Gasteiger partial charge >= 0.3 is 17.9 Å². The number of nitrogens with zero attached hydrogens (tertiary/aromatic N) is 8. The van der Waals surface area contributed by atoms with Gasteiger partial charge in [-0.1, -0.05) is 13.8 Å². The average Bonchev–Trinajstić information content (AvgIpc) is 4.24. The number of rotatable bonds is 17. The number of ether oxygens (including phenoxy) is 8. The number of hydrogen-bond donors (Lipinski definition) is 5. The molecule has 0 bridgehead atoms. The van der Waals surface area contributed by atoms with E-state index in [0.717, 1.165) is 12.1 Å². The van der Waals surface area contributed by atoms with E-state index < -0.39 is 157 Å². The molecule has 3 saturated heterocycles. The van der Waals surface area contributed by atoms with Crippen LogP contribution < -0.4 is 0 Å². The van der Waals surface area contributed by atoms with Crippen molar-refractivity contribution in [1.82, 2.24) is 39.3 Å². The van der Waals surface area contributed by atoms with Crippen LogP contribution in [-0.2, 0) is 71.0 Å². The maximum Gasteiger partial charge on any atom is 0.311 e. The summed E-state index contributed by atoms with van der Waals surface area (Å²) in [6.45, 7) is 13.5. The summed E-state index contributed by atoms with van der Waals surface area (Å²) in [5.41, 5.74) is -7.31. The van der Waals surface area contributed by atoms with Gasteiger partial charge in [0, 0.05) is 43.7 Å². The van der Waals surface area contributed by atoms with E-state index >= 15 is 4.39 Å². The minimum absolute atomic E-state index is 0.0174. The zero-order valence-electron chi connectivity index (χ0n) is 48.1. The SMILES string of the molecule is CO[C@]1(C)C[C@H](O[C@H]2[C@H](C)[C@@H](O[C@@H]3O[C@H](C)C[C@H](N(C)C)[C@H]3OC(=O)CCC(=O)OC(Cn3cncn3)(Cn3cncn3)c3ccc(F)cc3F)[C@](C)(O)C[C@@H](C)CN(C)[C@H](C)[C@@H](O)[C@](C)(O)[C@@H](CO)OC(=O)[C@@H]2C)O[C@@H](C)[C@@H]1O. The van der Waals surface area contributed by atoms with Crippen LogP contribution in [0, 0.1) is 29.4 Å². The van der Waals surface area contributed by atoms with Crippen LogP contribution in [0.5, 0.6) is 0 Å². The highest BCUT2D eigenvalue weighted by Crippen LogP contribution is 2.41. The first-order valence-corrected chi connectivity index (χ1v) is 27.1. The molecule has 0 amide bonds. The van der Waals surface area contributed by atoms with Crippen molar-refractivity contribution in [3.8, 4) is 0 Å². The van der Waals surface area contributed by atoms with Gasteiger partial charge in [0.05, 0.1) is 80.1 Å². The van der Waals surface area contributed by atoms with E-state index in [1.807, 2.05) is 11.8 Å². The second kappa shape index (κ2) is 26.7. The van der Waals surface area contributed by atoms with E-state index in [0.29, 0.717) is 12.5 Å². The number of esters is 3. The fourth-order valence-corrected chi connectivity index (χ4v) is 11.6. The highest BCUT2D eigenvalue weighted by atomic mass is 19.1. The number of likely N-dealkylation sites (N-methyl/N-ethyl adjacent to an activating group) is 2. The number of cyclic esters (lactones) is 1. The molecule has 5 heterocycles. The molecular weight excluding hydrogens is 1050 g/mol. The Labute approximate surface area is 465 Å². The molecule has 0 spiro atoms. The number of halogens is 2. The average molecular weight is 1140 g/mol. The van der Waals surface area contributed by atoms with Crippen molar-refractivity contribution in [2.75, 3.05) is 41.4 Å². The lowest BCUT2D eigenvalue weighted by molar-refractivity contribution is -0.319. The summed E-state index contributed by atoms with van der Waals surface area (Å²) in [4.78, 5) is 54.4. The molecule has 3 aliphatic rings. The van der Waals surface area contributed by atoms with Gasteiger partial charge in [0.15, 0.2) is 30.4 Å². The zero-order chi connectivity index (χ0) is 59.2. The smallest absolute Gasteiger partial charge is 0.311 e. The molecule has 0 saturated carbocycles. The standard InChI is InChI=1S/C54H84F2N8O16/c1-30-20-51(7,71)48(32(3)44(78-43-21-52(8,73-13)47(69)35(6)75-43)33(4)49(70)76-40(23-65)53(9,72)46(68)34(5)62(12)22-30)79-50-45(39(61(10)11)18-31(2)74-50)77-41(66)16-17-42(67)80-54(24-63-28-57-26-59-63,25-64-29-58-27-60-64)37-15-14-36(55)19-38(37)56/h14-15,19,26-35,39-40,43-48,50,65,68-69,71-72H,16-18,20-25H2,1-13H3/t30-,31-,32+,33-,34-,35+,39+,40-,43+,44+,45-,46-,47+,48-,50+,51-,52-,53-/m1/s1. The second-order valence-electron chi connectivity index (χ2n) is 23.2. The van der Waals surface area contributed by atoms with E-state index in [1.165, 1.54) is 55.6 Å². The molecule has 0 unspecified atom stereocenters. The molecule has 6 rings (SSSR count). The third-order valence-corrected chi connectivity index (χ3v) is 16.3. The Morgan fingerprint density at radius 1 is 0.887 bits per heavy atom. The van der Waals surface area contributed by atoms with Crippen LogP contribution >= 0.6 is 0 Å². The fourth-order valence-electron chi connectivity index (χ4n) is 11.6. The van der Waals surface area contributed by atoms with Gasteiger partial charge in [0.2, 0.25) is 0 Å². The number of methoxy groups -OCH3 is 1. The molecule has 3 fully saturated rings. The Hall–Kier alpha value is -4.71. The van der Waals surface area contributed by atoms with Crippen LogP contribution in [0.4, 0.5) is 8.78 Å². The van der Waals surface area contributed by atoms with Crippen molar-refractivity contribution in [2.45, 2.75) is 203 Å². The van der Waals surface area contributed by atoms with Crippen LogP contribution in [0.3, 0.4) is 0 Å². The van der Waals surface area contributed by atoms with Gasteiger partial charge < -0.3 is 73.2 Å². The van der Waals surface area contributed by atoms with Gasteiger partial charge in [-0.05, 0) is 101 Å². The summed E-state index contributed by atoms with van der Waals surface area (Å²) < 4.78 is 83.3. The van der Waals surface area contributed by atoms with Crippen molar-refractivity contribution >= 4 is 17.9 Å². The molecule has 0 aliphatic carbocycles. The molecule has 2 aromatic heterocycles. The Balaban J connectivity index is 1.35. The molecule has 80 heavy (non-hydrogen) atoms. The van der Waals surface area contributed by atoms with E-state index in [-0.39, 0.29) is 44.0 Å². The van der Waals surface area contributed by atoms with E-state index in [1.54, 1.807) is 67.6 Å². The Morgan fingerprint density at radius 3 is 2.08 bits per heavy atom. The van der Waals surface area contributed by atoms with Gasteiger partial charge in [0.25, 0.3) is 0 Å². The number of aromatic nitrogens is 6. The van der Waals surface area contributed by atoms with Crippen molar-refractivity contribution in [3.63, 3.8) is 0 Å². The predicted octanol–water partition coefficient (Wildman–Crippen LogP) is 2.11. The summed E-state index contributed by atoms with van der Waals surface area (Å²) >= 11 is 0. The summed E-state index contributed by atoms with van der Waals surface area (Å²) in [7, 11) is 6.72. The first kappa shape index (κ1) is 64.5. The van der Waals surface area contributed by atoms with E-state index in [9.17, 15) is 44.3 Å². The lowest BCUT2D eigenvalue weighted by Crippen LogP contribution is -2.61. The summed E-state index contributed by atoms with van der Waals surface area (Å²) in [5, 5.41) is 66.4. The lowest BCUT2D eigenvalue weighted by atomic mass is 9.77. The molecule has 450 valence electrons. The number of aliphatic hydroxyl groups excluding tert-OH is 3. The zero-order valence-corrected chi connectivity index (χ0v) is 48.1. The van der Waals surface area contributed by atoms with Gasteiger partial charge in [-0.2, -0.15) is 10.2 Å². The fraction of sp³-hybridized carbons (Fsp3) is 0.759. The van der Waals surface area contributed by atoms with Crippen molar-refractivity contribution in [3.05, 3.63) is 60.7 Å². The Kier molecular flexibility index (Phi) is 21.5. The number of aliphatic hydroxyl groups is 5. The molecule has 3 aromatic rings. The first-order chi connectivity index (χ1) is 37.4.